The summed E-state index contributed by atoms with van der Waals surface area (Å²) in [6.07, 6.45) is 0. The second-order valence-corrected chi connectivity index (χ2v) is 9.98. The summed E-state index contributed by atoms with van der Waals surface area (Å²) in [5.74, 6) is 1.69. The van der Waals surface area contributed by atoms with Crippen LogP contribution in [-0.4, -0.2) is 60.0 Å². The smallest absolute Gasteiger partial charge is 0.277 e. The molecule has 2 heterocycles. The molecule has 0 aliphatic carbocycles. The minimum atomic E-state index is 0.0867. The van der Waals surface area contributed by atoms with E-state index in [-0.39, 0.29) is 17.1 Å². The van der Waals surface area contributed by atoms with Crippen LogP contribution < -0.4 is 9.64 Å². The van der Waals surface area contributed by atoms with Gasteiger partial charge in [-0.15, -0.1) is 10.2 Å². The van der Waals surface area contributed by atoms with E-state index in [0.717, 1.165) is 30.1 Å². The summed E-state index contributed by atoms with van der Waals surface area (Å²) in [6.45, 7) is 9.54. The third-order valence-electron chi connectivity index (χ3n) is 5.79. The van der Waals surface area contributed by atoms with E-state index in [1.54, 1.807) is 7.11 Å². The molecule has 1 fully saturated rings. The van der Waals surface area contributed by atoms with Gasteiger partial charge >= 0.3 is 0 Å². The van der Waals surface area contributed by atoms with Crippen molar-refractivity contribution in [2.24, 2.45) is 0 Å². The van der Waals surface area contributed by atoms with Gasteiger partial charge in [0, 0.05) is 37.4 Å². The zero-order valence-corrected chi connectivity index (χ0v) is 20.4. The molecule has 1 aliphatic heterocycles. The Morgan fingerprint density at radius 3 is 2.27 bits per heavy atom. The van der Waals surface area contributed by atoms with Crippen molar-refractivity contribution in [3.63, 3.8) is 0 Å². The lowest BCUT2D eigenvalue weighted by molar-refractivity contribution is -0.128. The van der Waals surface area contributed by atoms with Crippen LogP contribution in [0.1, 0.15) is 26.3 Å². The molecule has 0 spiro atoms. The number of aromatic nitrogens is 2. The van der Waals surface area contributed by atoms with Crippen LogP contribution in [0.25, 0.3) is 11.5 Å². The van der Waals surface area contributed by atoms with Crippen LogP contribution in [-0.2, 0) is 10.2 Å². The molecule has 3 aromatic rings. The minimum Gasteiger partial charge on any atom is -0.497 e. The second-order valence-electron chi connectivity index (χ2n) is 9.06. The van der Waals surface area contributed by atoms with E-state index < -0.39 is 0 Å². The molecule has 0 unspecified atom stereocenters. The van der Waals surface area contributed by atoms with Crippen LogP contribution in [0, 0.1) is 0 Å². The Balaban J connectivity index is 1.27. The first-order valence-corrected chi connectivity index (χ1v) is 12.1. The zero-order valence-electron chi connectivity index (χ0n) is 19.6. The monoisotopic (exact) mass is 466 g/mol. The summed E-state index contributed by atoms with van der Waals surface area (Å²) in [6, 6.07) is 16.2. The van der Waals surface area contributed by atoms with Crippen LogP contribution >= 0.6 is 11.8 Å². The number of benzene rings is 2. The highest BCUT2D eigenvalue weighted by Crippen LogP contribution is 2.27. The number of piperazine rings is 1. The number of hydrogen-bond acceptors (Lipinski definition) is 7. The van der Waals surface area contributed by atoms with E-state index in [0.29, 0.717) is 24.2 Å². The third-order valence-corrected chi connectivity index (χ3v) is 6.60. The number of carbonyl (C=O) groups excluding carboxylic acids is 1. The van der Waals surface area contributed by atoms with Gasteiger partial charge in [0.25, 0.3) is 5.22 Å². The first kappa shape index (κ1) is 23.2. The van der Waals surface area contributed by atoms with Gasteiger partial charge in [0.2, 0.25) is 11.8 Å². The van der Waals surface area contributed by atoms with Gasteiger partial charge in [-0.25, -0.2) is 0 Å². The predicted molar refractivity (Wildman–Crippen MR) is 131 cm³/mol. The van der Waals surface area contributed by atoms with Crippen LogP contribution in [0.2, 0.25) is 0 Å². The second kappa shape index (κ2) is 9.87. The van der Waals surface area contributed by atoms with Crippen LogP contribution in [0.15, 0.2) is 58.2 Å². The summed E-state index contributed by atoms with van der Waals surface area (Å²) in [7, 11) is 1.66. The van der Waals surface area contributed by atoms with Gasteiger partial charge < -0.3 is 19.0 Å². The number of anilines is 1. The zero-order chi connectivity index (χ0) is 23.4. The molecule has 0 radical (unpaired) electrons. The van der Waals surface area contributed by atoms with E-state index in [1.165, 1.54) is 17.3 Å². The fourth-order valence-electron chi connectivity index (χ4n) is 3.72. The van der Waals surface area contributed by atoms with Crippen LogP contribution in [0.3, 0.4) is 0 Å². The van der Waals surface area contributed by atoms with E-state index in [2.05, 4.69) is 60.1 Å². The van der Waals surface area contributed by atoms with Crippen molar-refractivity contribution in [3.8, 4) is 17.2 Å². The van der Waals surface area contributed by atoms with Crippen LogP contribution in [0.4, 0.5) is 5.69 Å². The van der Waals surface area contributed by atoms with Gasteiger partial charge in [-0.05, 0) is 47.4 Å². The number of rotatable bonds is 6. The summed E-state index contributed by atoms with van der Waals surface area (Å²) in [4.78, 5) is 16.9. The number of thioether (sulfide) groups is 1. The Morgan fingerprint density at radius 2 is 1.67 bits per heavy atom. The fourth-order valence-corrected chi connectivity index (χ4v) is 4.39. The van der Waals surface area contributed by atoms with E-state index in [1.807, 2.05) is 29.2 Å². The molecule has 1 saturated heterocycles. The Bertz CT molecular complexity index is 1070. The van der Waals surface area contributed by atoms with Gasteiger partial charge in [-0.2, -0.15) is 0 Å². The van der Waals surface area contributed by atoms with Crippen molar-refractivity contribution < 1.29 is 13.9 Å². The Morgan fingerprint density at radius 1 is 1.00 bits per heavy atom. The molecule has 8 heteroatoms. The third kappa shape index (κ3) is 5.68. The number of nitrogens with zero attached hydrogens (tertiary/aromatic N) is 4. The van der Waals surface area contributed by atoms with Crippen molar-refractivity contribution in [2.75, 3.05) is 43.9 Å². The SMILES string of the molecule is COc1ccc(N2CCN(C(=O)CSc3nnc(-c4ccc(C(C)(C)C)cc4)o3)CC2)cc1. The molecule has 1 aromatic heterocycles. The Labute approximate surface area is 199 Å². The molecule has 0 saturated carbocycles. The lowest BCUT2D eigenvalue weighted by Crippen LogP contribution is -2.49. The normalized spacial score (nSPS) is 14.4. The maximum Gasteiger partial charge on any atom is 0.277 e. The maximum atomic E-state index is 12.7. The first-order chi connectivity index (χ1) is 15.8. The van der Waals surface area contributed by atoms with E-state index in [9.17, 15) is 4.79 Å². The molecule has 174 valence electrons. The van der Waals surface area contributed by atoms with Crippen LogP contribution in [0.5, 0.6) is 5.75 Å². The number of ether oxygens (including phenoxy) is 1. The van der Waals surface area contributed by atoms with Gasteiger partial charge in [0.1, 0.15) is 5.75 Å². The standard InChI is InChI=1S/C25H30N4O3S/c1-25(2,3)19-7-5-18(6-8-19)23-26-27-24(32-23)33-17-22(30)29-15-13-28(14-16-29)20-9-11-21(31-4)12-10-20/h5-12H,13-17H2,1-4H3. The first-order valence-electron chi connectivity index (χ1n) is 11.1. The highest BCUT2D eigenvalue weighted by molar-refractivity contribution is 7.99. The molecule has 0 atom stereocenters. The lowest BCUT2D eigenvalue weighted by Gasteiger charge is -2.36. The van der Waals surface area contributed by atoms with Gasteiger partial charge in [-0.3, -0.25) is 4.79 Å². The molecule has 4 rings (SSSR count). The number of hydrogen-bond donors (Lipinski definition) is 0. The molecular weight excluding hydrogens is 436 g/mol. The molecule has 2 aromatic carbocycles. The fraction of sp³-hybridized carbons (Fsp3) is 0.400. The number of amides is 1. The lowest BCUT2D eigenvalue weighted by atomic mass is 9.87. The topological polar surface area (TPSA) is 71.7 Å². The Kier molecular flexibility index (Phi) is 6.93. The van der Waals surface area contributed by atoms with Crippen molar-refractivity contribution in [3.05, 3.63) is 54.1 Å². The van der Waals surface area contributed by atoms with Gasteiger partial charge in [0.15, 0.2) is 0 Å². The van der Waals surface area contributed by atoms with Crippen molar-refractivity contribution in [1.82, 2.24) is 15.1 Å². The quantitative estimate of drug-likeness (QED) is 0.496. The number of carbonyl (C=O) groups is 1. The summed E-state index contributed by atoms with van der Waals surface area (Å²) < 4.78 is 11.0. The summed E-state index contributed by atoms with van der Waals surface area (Å²) in [5.41, 5.74) is 3.36. The molecule has 0 N–H and O–H groups in total. The minimum absolute atomic E-state index is 0.0867. The molecular formula is C25H30N4O3S. The van der Waals surface area contributed by atoms with E-state index >= 15 is 0 Å². The largest absolute Gasteiger partial charge is 0.497 e. The summed E-state index contributed by atoms with van der Waals surface area (Å²) in [5, 5.41) is 8.66. The Hall–Kier alpha value is -3.00. The van der Waals surface area contributed by atoms with Crippen molar-refractivity contribution >= 4 is 23.4 Å². The van der Waals surface area contributed by atoms with Gasteiger partial charge in [0.05, 0.1) is 12.9 Å². The number of methoxy groups -OCH3 is 1. The molecule has 0 bridgehead atoms. The maximum absolute atomic E-state index is 12.7. The highest BCUT2D eigenvalue weighted by Gasteiger charge is 2.22. The average molecular weight is 467 g/mol. The van der Waals surface area contributed by atoms with Gasteiger partial charge in [-0.1, -0.05) is 44.7 Å². The van der Waals surface area contributed by atoms with Crippen molar-refractivity contribution in [1.29, 1.82) is 0 Å². The molecule has 33 heavy (non-hydrogen) atoms. The molecule has 1 amide bonds. The van der Waals surface area contributed by atoms with Crippen molar-refractivity contribution in [2.45, 2.75) is 31.4 Å². The molecule has 1 aliphatic rings. The average Bonchev–Trinajstić information content (AvgIpc) is 3.31. The highest BCUT2D eigenvalue weighted by atomic mass is 32.2. The summed E-state index contributed by atoms with van der Waals surface area (Å²) >= 11 is 1.29. The van der Waals surface area contributed by atoms with E-state index in [4.69, 9.17) is 9.15 Å². The predicted octanol–water partition coefficient (Wildman–Crippen LogP) is 4.48. The molecule has 7 nitrogen and oxygen atoms in total.